The average Bonchev–Trinajstić information content (AvgIpc) is 2.25. The fraction of sp³-hybridized carbons (Fsp3) is 0.538. The smallest absolute Gasteiger partial charge is 0.119 e. The molecule has 0 heterocycles. The minimum Gasteiger partial charge on any atom is -0.497 e. The molecule has 2 N–H and O–H groups in total. The highest BCUT2D eigenvalue weighted by Crippen LogP contribution is 2.27. The van der Waals surface area contributed by atoms with Gasteiger partial charge >= 0.3 is 0 Å². The fourth-order valence-electron chi connectivity index (χ4n) is 1.13. The maximum atomic E-state index is 6.12. The summed E-state index contributed by atoms with van der Waals surface area (Å²) in [6.45, 7) is 6.51. The Labute approximate surface area is 103 Å². The molecule has 3 heteroatoms. The van der Waals surface area contributed by atoms with Gasteiger partial charge in [0.1, 0.15) is 5.75 Å². The SMILES string of the molecule is COc1cccc(SCC(N)C(C)(C)C)c1. The van der Waals surface area contributed by atoms with Crippen molar-refractivity contribution in [3.63, 3.8) is 0 Å². The molecule has 16 heavy (non-hydrogen) atoms. The first kappa shape index (κ1) is 13.4. The molecular formula is C13H21NOS. The van der Waals surface area contributed by atoms with Gasteiger partial charge in [0.15, 0.2) is 0 Å². The lowest BCUT2D eigenvalue weighted by atomic mass is 9.89. The zero-order valence-corrected chi connectivity index (χ0v) is 11.3. The van der Waals surface area contributed by atoms with Gasteiger partial charge in [0.05, 0.1) is 7.11 Å². The summed E-state index contributed by atoms with van der Waals surface area (Å²) in [5.74, 6) is 1.82. The van der Waals surface area contributed by atoms with Crippen LogP contribution >= 0.6 is 11.8 Å². The van der Waals surface area contributed by atoms with Crippen molar-refractivity contribution >= 4 is 11.8 Å². The van der Waals surface area contributed by atoms with Gasteiger partial charge in [-0.2, -0.15) is 0 Å². The Balaban J connectivity index is 2.54. The summed E-state index contributed by atoms with van der Waals surface area (Å²) in [6, 6.07) is 8.28. The van der Waals surface area contributed by atoms with E-state index in [4.69, 9.17) is 10.5 Å². The molecule has 2 nitrogen and oxygen atoms in total. The van der Waals surface area contributed by atoms with E-state index < -0.39 is 0 Å². The van der Waals surface area contributed by atoms with E-state index in [0.29, 0.717) is 0 Å². The highest BCUT2D eigenvalue weighted by molar-refractivity contribution is 7.99. The normalized spacial score (nSPS) is 13.6. The molecule has 0 aliphatic carbocycles. The van der Waals surface area contributed by atoms with Gasteiger partial charge in [0, 0.05) is 16.7 Å². The van der Waals surface area contributed by atoms with E-state index in [1.165, 1.54) is 4.90 Å². The van der Waals surface area contributed by atoms with Crippen molar-refractivity contribution in [3.8, 4) is 5.75 Å². The van der Waals surface area contributed by atoms with E-state index in [1.54, 1.807) is 18.9 Å². The van der Waals surface area contributed by atoms with Crippen LogP contribution in [0.5, 0.6) is 5.75 Å². The molecule has 1 aromatic carbocycles. The maximum Gasteiger partial charge on any atom is 0.119 e. The maximum absolute atomic E-state index is 6.12. The molecule has 0 saturated heterocycles. The van der Waals surface area contributed by atoms with E-state index in [2.05, 4.69) is 26.8 Å². The first-order chi connectivity index (χ1) is 7.43. The van der Waals surface area contributed by atoms with Crippen molar-refractivity contribution in [2.75, 3.05) is 12.9 Å². The molecular weight excluding hydrogens is 218 g/mol. The average molecular weight is 239 g/mol. The Morgan fingerprint density at radius 2 is 2.06 bits per heavy atom. The number of rotatable bonds is 4. The number of methoxy groups -OCH3 is 1. The fourth-order valence-corrected chi connectivity index (χ4v) is 2.37. The Morgan fingerprint density at radius 3 is 2.62 bits per heavy atom. The van der Waals surface area contributed by atoms with Crippen LogP contribution < -0.4 is 10.5 Å². The zero-order valence-electron chi connectivity index (χ0n) is 10.5. The second-order valence-corrected chi connectivity index (χ2v) is 6.06. The highest BCUT2D eigenvalue weighted by Gasteiger charge is 2.20. The van der Waals surface area contributed by atoms with Gasteiger partial charge in [-0.1, -0.05) is 26.8 Å². The summed E-state index contributed by atoms with van der Waals surface area (Å²) in [4.78, 5) is 1.21. The Kier molecular flexibility index (Phi) is 4.69. The molecule has 0 spiro atoms. The van der Waals surface area contributed by atoms with Gasteiger partial charge in [-0.05, 0) is 23.6 Å². The summed E-state index contributed by atoms with van der Waals surface area (Å²) in [5.41, 5.74) is 6.28. The highest BCUT2D eigenvalue weighted by atomic mass is 32.2. The second kappa shape index (κ2) is 5.60. The lowest BCUT2D eigenvalue weighted by molar-refractivity contribution is 0.344. The van der Waals surface area contributed by atoms with E-state index >= 15 is 0 Å². The van der Waals surface area contributed by atoms with Crippen LogP contribution in [0.4, 0.5) is 0 Å². The number of benzene rings is 1. The van der Waals surface area contributed by atoms with Crippen molar-refractivity contribution in [1.82, 2.24) is 0 Å². The Bertz CT molecular complexity index is 333. The number of ether oxygens (including phenoxy) is 1. The van der Waals surface area contributed by atoms with Crippen LogP contribution in [0.3, 0.4) is 0 Å². The van der Waals surface area contributed by atoms with E-state index in [1.807, 2.05) is 18.2 Å². The van der Waals surface area contributed by atoms with Gasteiger partial charge in [-0.15, -0.1) is 11.8 Å². The number of hydrogen-bond acceptors (Lipinski definition) is 3. The molecule has 1 atom stereocenters. The third kappa shape index (κ3) is 4.06. The van der Waals surface area contributed by atoms with E-state index in [0.717, 1.165) is 11.5 Å². The van der Waals surface area contributed by atoms with Gasteiger partial charge in [-0.25, -0.2) is 0 Å². The van der Waals surface area contributed by atoms with Crippen molar-refractivity contribution in [2.24, 2.45) is 11.1 Å². The first-order valence-corrected chi connectivity index (χ1v) is 6.44. The largest absolute Gasteiger partial charge is 0.497 e. The molecule has 90 valence electrons. The van der Waals surface area contributed by atoms with Gasteiger partial charge in [0.25, 0.3) is 0 Å². The summed E-state index contributed by atoms with van der Waals surface area (Å²) < 4.78 is 5.18. The van der Waals surface area contributed by atoms with Crippen LogP contribution in [0.1, 0.15) is 20.8 Å². The zero-order chi connectivity index (χ0) is 12.2. The number of nitrogens with two attached hydrogens (primary N) is 1. The van der Waals surface area contributed by atoms with Crippen molar-refractivity contribution in [1.29, 1.82) is 0 Å². The topological polar surface area (TPSA) is 35.2 Å². The van der Waals surface area contributed by atoms with Gasteiger partial charge < -0.3 is 10.5 Å². The standard InChI is InChI=1S/C13H21NOS/c1-13(2,3)12(14)9-16-11-7-5-6-10(8-11)15-4/h5-8,12H,9,14H2,1-4H3. The third-order valence-electron chi connectivity index (χ3n) is 2.58. The molecule has 0 radical (unpaired) electrons. The van der Waals surface area contributed by atoms with E-state index in [-0.39, 0.29) is 11.5 Å². The lowest BCUT2D eigenvalue weighted by Crippen LogP contribution is -2.37. The summed E-state index contributed by atoms with van der Waals surface area (Å²) in [7, 11) is 1.69. The summed E-state index contributed by atoms with van der Waals surface area (Å²) >= 11 is 1.78. The Hall–Kier alpha value is -0.670. The van der Waals surface area contributed by atoms with Crippen LogP contribution in [0.25, 0.3) is 0 Å². The molecule has 0 fully saturated rings. The lowest BCUT2D eigenvalue weighted by Gasteiger charge is -2.26. The molecule has 1 aromatic rings. The number of hydrogen-bond donors (Lipinski definition) is 1. The Morgan fingerprint density at radius 1 is 1.38 bits per heavy atom. The monoisotopic (exact) mass is 239 g/mol. The summed E-state index contributed by atoms with van der Waals surface area (Å²) in [6.07, 6.45) is 0. The van der Waals surface area contributed by atoms with Gasteiger partial charge in [0.2, 0.25) is 0 Å². The van der Waals surface area contributed by atoms with Crippen molar-refractivity contribution < 1.29 is 4.74 Å². The van der Waals surface area contributed by atoms with Crippen LogP contribution in [-0.4, -0.2) is 18.9 Å². The van der Waals surface area contributed by atoms with Crippen molar-refractivity contribution in [3.05, 3.63) is 24.3 Å². The quantitative estimate of drug-likeness (QED) is 0.820. The minimum absolute atomic E-state index is 0.159. The predicted molar refractivity (Wildman–Crippen MR) is 71.1 cm³/mol. The molecule has 0 bridgehead atoms. The third-order valence-corrected chi connectivity index (χ3v) is 3.70. The predicted octanol–water partition coefficient (Wildman–Crippen LogP) is 3.16. The first-order valence-electron chi connectivity index (χ1n) is 5.46. The molecule has 1 rings (SSSR count). The molecule has 0 saturated carbocycles. The van der Waals surface area contributed by atoms with Gasteiger partial charge in [-0.3, -0.25) is 0 Å². The molecule has 0 aliphatic heterocycles. The molecule has 0 amide bonds. The summed E-state index contributed by atoms with van der Waals surface area (Å²) in [5, 5.41) is 0. The second-order valence-electron chi connectivity index (χ2n) is 4.96. The molecule has 1 unspecified atom stereocenters. The number of thioether (sulfide) groups is 1. The van der Waals surface area contributed by atoms with E-state index in [9.17, 15) is 0 Å². The van der Waals surface area contributed by atoms with Crippen LogP contribution in [-0.2, 0) is 0 Å². The van der Waals surface area contributed by atoms with Crippen molar-refractivity contribution in [2.45, 2.75) is 31.7 Å². The van der Waals surface area contributed by atoms with Crippen LogP contribution in [0, 0.1) is 5.41 Å². The van der Waals surface area contributed by atoms with Crippen LogP contribution in [0.2, 0.25) is 0 Å². The molecule has 0 aromatic heterocycles. The van der Waals surface area contributed by atoms with Crippen LogP contribution in [0.15, 0.2) is 29.2 Å². The minimum atomic E-state index is 0.159. The molecule has 0 aliphatic rings.